The molecule has 6 nitrogen and oxygen atoms in total. The molecule has 1 aromatic heterocycles. The van der Waals surface area contributed by atoms with Crippen LogP contribution in [0.5, 0.6) is 5.75 Å². The van der Waals surface area contributed by atoms with E-state index in [0.29, 0.717) is 43.9 Å². The second-order valence-electron chi connectivity index (χ2n) is 9.89. The summed E-state index contributed by atoms with van der Waals surface area (Å²) in [7, 11) is 1.38. The van der Waals surface area contributed by atoms with Crippen molar-refractivity contribution in [1.29, 1.82) is 0 Å². The van der Waals surface area contributed by atoms with Gasteiger partial charge in [-0.1, -0.05) is 18.2 Å². The van der Waals surface area contributed by atoms with Gasteiger partial charge in [-0.25, -0.2) is 4.39 Å². The van der Waals surface area contributed by atoms with E-state index in [1.165, 1.54) is 37.4 Å². The second kappa shape index (κ2) is 9.08. The van der Waals surface area contributed by atoms with E-state index < -0.39 is 35.5 Å². The molecule has 196 valence electrons. The van der Waals surface area contributed by atoms with Crippen LogP contribution in [0.15, 0.2) is 46.9 Å². The Morgan fingerprint density at radius 2 is 1.68 bits per heavy atom. The topological polar surface area (TPSA) is 77.8 Å². The van der Waals surface area contributed by atoms with Crippen molar-refractivity contribution in [2.45, 2.75) is 50.2 Å². The first-order valence-corrected chi connectivity index (χ1v) is 12.0. The van der Waals surface area contributed by atoms with Crippen LogP contribution in [0.3, 0.4) is 0 Å². The molecule has 1 heterocycles. The predicted octanol–water partition coefficient (Wildman–Crippen LogP) is 6.18. The molecular weight excluding hydrogens is 494 g/mol. The molecule has 3 fully saturated rings. The number of benzene rings is 2. The van der Waals surface area contributed by atoms with Crippen LogP contribution in [-0.2, 0) is 9.53 Å². The normalized spacial score (nSPS) is 23.2. The SMILES string of the molecule is COC(=O)C12CCC(NC(=O)c3cc4cc(F)cc(-c5ccccc5OCC(F)(F)F)c4o3)(CC1)CC2. The van der Waals surface area contributed by atoms with Crippen LogP contribution < -0.4 is 10.1 Å². The average Bonchev–Trinajstić information content (AvgIpc) is 3.31. The largest absolute Gasteiger partial charge is 0.483 e. The monoisotopic (exact) mass is 519 g/mol. The molecule has 3 aliphatic rings. The number of fused-ring (bicyclic) bond motifs is 4. The lowest BCUT2D eigenvalue weighted by Crippen LogP contribution is -2.58. The van der Waals surface area contributed by atoms with Gasteiger partial charge >= 0.3 is 12.1 Å². The molecule has 0 saturated heterocycles. The minimum Gasteiger partial charge on any atom is -0.483 e. The maximum atomic E-state index is 14.5. The van der Waals surface area contributed by atoms with Crippen LogP contribution in [0.25, 0.3) is 22.1 Å². The van der Waals surface area contributed by atoms with E-state index in [1.807, 2.05) is 0 Å². The predicted molar refractivity (Wildman–Crippen MR) is 126 cm³/mol. The molecule has 37 heavy (non-hydrogen) atoms. The second-order valence-corrected chi connectivity index (χ2v) is 9.89. The Kier molecular flexibility index (Phi) is 6.16. The molecule has 3 aliphatic carbocycles. The molecule has 2 aromatic carbocycles. The molecule has 3 aromatic rings. The van der Waals surface area contributed by atoms with E-state index in [1.54, 1.807) is 6.07 Å². The number of carbonyl (C=O) groups is 2. The van der Waals surface area contributed by atoms with E-state index in [4.69, 9.17) is 13.9 Å². The summed E-state index contributed by atoms with van der Waals surface area (Å²) >= 11 is 0. The summed E-state index contributed by atoms with van der Waals surface area (Å²) in [6.45, 7) is -1.51. The summed E-state index contributed by atoms with van der Waals surface area (Å²) in [6, 6.07) is 9.70. The van der Waals surface area contributed by atoms with Crippen molar-refractivity contribution in [2.75, 3.05) is 13.7 Å². The lowest BCUT2D eigenvalue weighted by atomic mass is 9.57. The first-order chi connectivity index (χ1) is 17.5. The highest BCUT2D eigenvalue weighted by Crippen LogP contribution is 2.53. The summed E-state index contributed by atoms with van der Waals surface area (Å²) in [5, 5.41) is 3.36. The molecule has 1 N–H and O–H groups in total. The van der Waals surface area contributed by atoms with Crippen LogP contribution in [-0.4, -0.2) is 37.3 Å². The number of methoxy groups -OCH3 is 1. The van der Waals surface area contributed by atoms with Gasteiger partial charge in [-0.3, -0.25) is 9.59 Å². The number of halogens is 4. The minimum atomic E-state index is -4.55. The van der Waals surface area contributed by atoms with E-state index in [2.05, 4.69) is 5.32 Å². The highest BCUT2D eigenvalue weighted by molar-refractivity contribution is 6.01. The summed E-state index contributed by atoms with van der Waals surface area (Å²) in [6.07, 6.45) is -0.833. The van der Waals surface area contributed by atoms with Crippen molar-refractivity contribution in [3.63, 3.8) is 0 Å². The van der Waals surface area contributed by atoms with Gasteiger partial charge in [0, 0.05) is 22.1 Å². The number of furan rings is 1. The van der Waals surface area contributed by atoms with Crippen molar-refractivity contribution < 1.29 is 41.0 Å². The molecule has 0 atom stereocenters. The van der Waals surface area contributed by atoms with Crippen molar-refractivity contribution in [1.82, 2.24) is 5.32 Å². The summed E-state index contributed by atoms with van der Waals surface area (Å²) in [5.41, 5.74) is -0.436. The molecular formula is C27H25F4NO5. The summed E-state index contributed by atoms with van der Waals surface area (Å²) in [4.78, 5) is 25.5. The number of ether oxygens (including phenoxy) is 2. The number of hydrogen-bond donors (Lipinski definition) is 1. The highest BCUT2D eigenvalue weighted by atomic mass is 19.4. The van der Waals surface area contributed by atoms with Crippen molar-refractivity contribution in [3.05, 3.63) is 54.0 Å². The fourth-order valence-corrected chi connectivity index (χ4v) is 5.60. The molecule has 1 amide bonds. The van der Waals surface area contributed by atoms with E-state index in [9.17, 15) is 27.2 Å². The first kappa shape index (κ1) is 25.1. The molecule has 0 radical (unpaired) electrons. The highest BCUT2D eigenvalue weighted by Gasteiger charge is 2.53. The van der Waals surface area contributed by atoms with Crippen molar-refractivity contribution in [3.8, 4) is 16.9 Å². The lowest BCUT2D eigenvalue weighted by Gasteiger charge is -2.51. The Morgan fingerprint density at radius 3 is 2.32 bits per heavy atom. The van der Waals surface area contributed by atoms with Crippen LogP contribution >= 0.6 is 0 Å². The lowest BCUT2D eigenvalue weighted by molar-refractivity contribution is -0.160. The van der Waals surface area contributed by atoms with Gasteiger partial charge in [0.1, 0.15) is 17.1 Å². The Labute approximate surface area is 209 Å². The van der Waals surface area contributed by atoms with Gasteiger partial charge in [0.25, 0.3) is 5.91 Å². The third-order valence-electron chi connectivity index (χ3n) is 7.62. The van der Waals surface area contributed by atoms with E-state index in [-0.39, 0.29) is 34.2 Å². The van der Waals surface area contributed by atoms with Gasteiger partial charge in [0.15, 0.2) is 12.4 Å². The molecule has 3 saturated carbocycles. The first-order valence-electron chi connectivity index (χ1n) is 12.0. The Balaban J connectivity index is 1.42. The van der Waals surface area contributed by atoms with Gasteiger partial charge in [0.05, 0.1) is 12.5 Å². The number of hydrogen-bond acceptors (Lipinski definition) is 5. The number of carbonyl (C=O) groups excluding carboxylic acids is 2. The molecule has 10 heteroatoms. The Bertz CT molecular complexity index is 1340. The van der Waals surface area contributed by atoms with Crippen LogP contribution in [0.2, 0.25) is 0 Å². The molecule has 6 rings (SSSR count). The van der Waals surface area contributed by atoms with Crippen LogP contribution in [0.1, 0.15) is 49.1 Å². The van der Waals surface area contributed by atoms with Crippen LogP contribution in [0, 0.1) is 11.2 Å². The smallest absolute Gasteiger partial charge is 0.422 e. The van der Waals surface area contributed by atoms with E-state index >= 15 is 0 Å². The zero-order valence-corrected chi connectivity index (χ0v) is 20.0. The fraction of sp³-hybridized carbons (Fsp3) is 0.407. The summed E-state index contributed by atoms with van der Waals surface area (Å²) < 4.78 is 68.6. The number of rotatable bonds is 6. The van der Waals surface area contributed by atoms with E-state index in [0.717, 1.165) is 6.07 Å². The number of para-hydroxylation sites is 1. The minimum absolute atomic E-state index is 0.0414. The molecule has 2 bridgehead atoms. The summed E-state index contributed by atoms with van der Waals surface area (Å²) in [5.74, 6) is -1.46. The molecule has 0 aliphatic heterocycles. The number of alkyl halides is 3. The maximum absolute atomic E-state index is 14.5. The zero-order valence-electron chi connectivity index (χ0n) is 20.0. The molecule has 0 unspecified atom stereocenters. The Morgan fingerprint density at radius 1 is 1.00 bits per heavy atom. The Hall–Kier alpha value is -3.56. The van der Waals surface area contributed by atoms with Gasteiger partial charge in [0.2, 0.25) is 0 Å². The standard InChI is InChI=1S/C27H25F4NO5/c1-35-24(34)25-6-9-26(10-7-25,11-8-25)32-23(33)21-13-16-12-17(28)14-19(22(16)37-21)18-4-2-3-5-20(18)36-15-27(29,30)31/h2-5,12-14H,6-11,15H2,1H3,(H,32,33). The zero-order chi connectivity index (χ0) is 26.4. The maximum Gasteiger partial charge on any atom is 0.422 e. The quantitative estimate of drug-likeness (QED) is 0.311. The number of nitrogens with one attached hydrogen (secondary N) is 1. The molecule has 0 spiro atoms. The fourth-order valence-electron chi connectivity index (χ4n) is 5.60. The van der Waals surface area contributed by atoms with Gasteiger partial charge in [-0.05, 0) is 62.8 Å². The van der Waals surface area contributed by atoms with Gasteiger partial charge in [-0.2, -0.15) is 13.2 Å². The van der Waals surface area contributed by atoms with Crippen molar-refractivity contribution in [2.24, 2.45) is 5.41 Å². The van der Waals surface area contributed by atoms with Gasteiger partial charge in [-0.15, -0.1) is 0 Å². The number of esters is 1. The average molecular weight is 519 g/mol. The van der Waals surface area contributed by atoms with Gasteiger partial charge < -0.3 is 19.2 Å². The third kappa shape index (κ3) is 4.76. The van der Waals surface area contributed by atoms with Crippen LogP contribution in [0.4, 0.5) is 17.6 Å². The van der Waals surface area contributed by atoms with Crippen molar-refractivity contribution >= 4 is 22.8 Å². The number of amides is 1. The third-order valence-corrected chi connectivity index (χ3v) is 7.62.